The lowest BCUT2D eigenvalue weighted by atomic mass is 9.76. The highest BCUT2D eigenvalue weighted by Gasteiger charge is 2.23. The average molecular weight is 305 g/mol. The first-order valence-electron chi connectivity index (χ1n) is 8.53. The lowest BCUT2D eigenvalue weighted by Crippen LogP contribution is -2.12. The molecule has 2 nitrogen and oxygen atoms in total. The van der Waals surface area contributed by atoms with Crippen LogP contribution in [0.15, 0.2) is 48.5 Å². The Hall–Kier alpha value is -2.27. The highest BCUT2D eigenvalue weighted by Crippen LogP contribution is 2.40. The second kappa shape index (κ2) is 7.33. The van der Waals surface area contributed by atoms with Crippen molar-refractivity contribution in [2.45, 2.75) is 44.4 Å². The van der Waals surface area contributed by atoms with Gasteiger partial charge in [-0.15, -0.1) is 0 Å². The van der Waals surface area contributed by atoms with Crippen molar-refractivity contribution in [1.82, 2.24) is 0 Å². The van der Waals surface area contributed by atoms with Crippen LogP contribution in [-0.4, -0.2) is 6.61 Å². The molecule has 0 saturated heterocycles. The van der Waals surface area contributed by atoms with E-state index in [0.29, 0.717) is 11.8 Å². The summed E-state index contributed by atoms with van der Waals surface area (Å²) in [4.78, 5) is 0. The lowest BCUT2D eigenvalue weighted by molar-refractivity contribution is 0.339. The summed E-state index contributed by atoms with van der Waals surface area (Å²) < 4.78 is 5.52. The summed E-state index contributed by atoms with van der Waals surface area (Å²) >= 11 is 0. The van der Waals surface area contributed by atoms with Gasteiger partial charge in [-0.2, -0.15) is 5.26 Å². The van der Waals surface area contributed by atoms with Crippen molar-refractivity contribution in [3.63, 3.8) is 0 Å². The number of benzene rings is 2. The molecule has 0 atom stereocenters. The lowest BCUT2D eigenvalue weighted by Gasteiger charge is -2.29. The normalized spacial score (nSPS) is 20.7. The molecule has 0 amide bonds. The highest BCUT2D eigenvalue weighted by molar-refractivity contribution is 5.34. The predicted octanol–water partition coefficient (Wildman–Crippen LogP) is 5.40. The number of hydrogen-bond donors (Lipinski definition) is 0. The molecule has 1 fully saturated rings. The van der Waals surface area contributed by atoms with Gasteiger partial charge in [-0.05, 0) is 79.8 Å². The van der Waals surface area contributed by atoms with Crippen LogP contribution in [0, 0.1) is 11.3 Å². The van der Waals surface area contributed by atoms with Crippen LogP contribution in [0.4, 0.5) is 0 Å². The highest BCUT2D eigenvalue weighted by atomic mass is 16.5. The van der Waals surface area contributed by atoms with E-state index in [9.17, 15) is 0 Å². The molecule has 1 aliphatic rings. The molecular weight excluding hydrogens is 282 g/mol. The van der Waals surface area contributed by atoms with E-state index in [2.05, 4.69) is 42.5 Å². The molecule has 2 aromatic carbocycles. The third kappa shape index (κ3) is 3.74. The molecule has 118 valence electrons. The van der Waals surface area contributed by atoms with Gasteiger partial charge in [-0.3, -0.25) is 0 Å². The first-order chi connectivity index (χ1) is 11.3. The summed E-state index contributed by atoms with van der Waals surface area (Å²) in [6, 6.07) is 18.9. The maximum atomic E-state index is 8.89. The third-order valence-corrected chi connectivity index (χ3v) is 4.90. The van der Waals surface area contributed by atoms with E-state index < -0.39 is 0 Å². The van der Waals surface area contributed by atoms with Gasteiger partial charge in [0.25, 0.3) is 0 Å². The minimum absolute atomic E-state index is 0.640. The fourth-order valence-electron chi connectivity index (χ4n) is 3.59. The summed E-state index contributed by atoms with van der Waals surface area (Å²) in [5, 5.41) is 8.89. The monoisotopic (exact) mass is 305 g/mol. The number of nitriles is 1. The first-order valence-corrected chi connectivity index (χ1v) is 8.53. The Labute approximate surface area is 138 Å². The van der Waals surface area contributed by atoms with Gasteiger partial charge in [0.2, 0.25) is 0 Å². The van der Waals surface area contributed by atoms with Crippen LogP contribution in [0.1, 0.15) is 61.1 Å². The van der Waals surface area contributed by atoms with Gasteiger partial charge >= 0.3 is 0 Å². The smallest absolute Gasteiger partial charge is 0.119 e. The van der Waals surface area contributed by atoms with Crippen LogP contribution in [0.2, 0.25) is 0 Å². The number of rotatable bonds is 4. The van der Waals surface area contributed by atoms with Gasteiger partial charge in [0, 0.05) is 0 Å². The molecule has 2 aromatic rings. The molecule has 0 N–H and O–H groups in total. The van der Waals surface area contributed by atoms with E-state index in [1.165, 1.54) is 36.8 Å². The van der Waals surface area contributed by atoms with E-state index in [0.717, 1.165) is 17.9 Å². The van der Waals surface area contributed by atoms with Crippen molar-refractivity contribution in [2.24, 2.45) is 0 Å². The molecule has 0 spiro atoms. The van der Waals surface area contributed by atoms with E-state index in [-0.39, 0.29) is 0 Å². The molecular formula is C21H23NO. The molecule has 23 heavy (non-hydrogen) atoms. The fourth-order valence-corrected chi connectivity index (χ4v) is 3.59. The summed E-state index contributed by atoms with van der Waals surface area (Å²) in [5.41, 5.74) is 3.57. The van der Waals surface area contributed by atoms with Crippen molar-refractivity contribution >= 4 is 0 Å². The van der Waals surface area contributed by atoms with Crippen LogP contribution in [-0.2, 0) is 0 Å². The zero-order valence-electron chi connectivity index (χ0n) is 13.7. The second-order valence-electron chi connectivity index (χ2n) is 6.28. The standard InChI is InChI=1S/C21H23NO/c1-2-23-21-13-11-20(12-14-21)19-9-7-18(8-10-19)17-5-3-16(15-22)4-6-17/h3-6,11-14,18-19H,2,7-10H2,1H3. The molecule has 1 aliphatic carbocycles. The van der Waals surface area contributed by atoms with Crippen molar-refractivity contribution in [3.8, 4) is 11.8 Å². The average Bonchev–Trinajstić information content (AvgIpc) is 2.63. The number of nitrogens with zero attached hydrogens (tertiary/aromatic N) is 1. The predicted molar refractivity (Wildman–Crippen MR) is 92.7 cm³/mol. The molecule has 0 aromatic heterocycles. The quantitative estimate of drug-likeness (QED) is 0.757. The van der Waals surface area contributed by atoms with Crippen LogP contribution in [0.5, 0.6) is 5.75 Å². The Kier molecular flexibility index (Phi) is 4.98. The van der Waals surface area contributed by atoms with Crippen LogP contribution in [0.25, 0.3) is 0 Å². The molecule has 0 unspecified atom stereocenters. The van der Waals surface area contributed by atoms with Crippen molar-refractivity contribution in [3.05, 3.63) is 65.2 Å². The zero-order chi connectivity index (χ0) is 16.1. The van der Waals surface area contributed by atoms with E-state index >= 15 is 0 Å². The molecule has 1 saturated carbocycles. The molecule has 0 aliphatic heterocycles. The summed E-state index contributed by atoms with van der Waals surface area (Å²) in [7, 11) is 0. The molecule has 0 heterocycles. The van der Waals surface area contributed by atoms with Gasteiger partial charge < -0.3 is 4.74 Å². The largest absolute Gasteiger partial charge is 0.494 e. The Morgan fingerprint density at radius 1 is 0.870 bits per heavy atom. The van der Waals surface area contributed by atoms with Crippen molar-refractivity contribution in [2.75, 3.05) is 6.61 Å². The van der Waals surface area contributed by atoms with Gasteiger partial charge in [0.15, 0.2) is 0 Å². The minimum Gasteiger partial charge on any atom is -0.494 e. The zero-order valence-corrected chi connectivity index (χ0v) is 13.7. The van der Waals surface area contributed by atoms with Gasteiger partial charge in [0.1, 0.15) is 5.75 Å². The Balaban J connectivity index is 1.60. The molecule has 0 radical (unpaired) electrons. The second-order valence-corrected chi connectivity index (χ2v) is 6.28. The number of hydrogen-bond acceptors (Lipinski definition) is 2. The third-order valence-electron chi connectivity index (χ3n) is 4.90. The number of ether oxygens (including phenoxy) is 1. The van der Waals surface area contributed by atoms with Crippen LogP contribution in [0.3, 0.4) is 0 Å². The minimum atomic E-state index is 0.640. The molecule has 3 rings (SSSR count). The Morgan fingerprint density at radius 2 is 1.35 bits per heavy atom. The van der Waals surface area contributed by atoms with Crippen molar-refractivity contribution in [1.29, 1.82) is 5.26 Å². The summed E-state index contributed by atoms with van der Waals surface area (Å²) in [6.07, 6.45) is 4.92. The van der Waals surface area contributed by atoms with Crippen LogP contribution < -0.4 is 4.74 Å². The first kappa shape index (κ1) is 15.6. The van der Waals surface area contributed by atoms with E-state index in [4.69, 9.17) is 10.00 Å². The fraction of sp³-hybridized carbons (Fsp3) is 0.381. The summed E-state index contributed by atoms with van der Waals surface area (Å²) in [5.74, 6) is 2.27. The maximum Gasteiger partial charge on any atom is 0.119 e. The maximum absolute atomic E-state index is 8.89. The van der Waals surface area contributed by atoms with Gasteiger partial charge in [-0.25, -0.2) is 0 Å². The van der Waals surface area contributed by atoms with Gasteiger partial charge in [-0.1, -0.05) is 24.3 Å². The van der Waals surface area contributed by atoms with Crippen molar-refractivity contribution < 1.29 is 4.74 Å². The Morgan fingerprint density at radius 3 is 1.78 bits per heavy atom. The van der Waals surface area contributed by atoms with E-state index in [1.54, 1.807) is 0 Å². The molecule has 0 bridgehead atoms. The van der Waals surface area contributed by atoms with Crippen LogP contribution >= 0.6 is 0 Å². The van der Waals surface area contributed by atoms with E-state index in [1.807, 2.05) is 19.1 Å². The van der Waals surface area contributed by atoms with Gasteiger partial charge in [0.05, 0.1) is 18.2 Å². The SMILES string of the molecule is CCOc1ccc(C2CCC(c3ccc(C#N)cc3)CC2)cc1. The topological polar surface area (TPSA) is 33.0 Å². The molecule has 2 heteroatoms. The Bertz CT molecular complexity index is 658. The summed E-state index contributed by atoms with van der Waals surface area (Å²) in [6.45, 7) is 2.73.